The van der Waals surface area contributed by atoms with Crippen LogP contribution in [0.4, 0.5) is 0 Å². The van der Waals surface area contributed by atoms with Crippen LogP contribution in [0.1, 0.15) is 16.8 Å². The molecule has 1 aliphatic carbocycles. The van der Waals surface area contributed by atoms with Gasteiger partial charge in [0.25, 0.3) is 0 Å². The van der Waals surface area contributed by atoms with Crippen molar-refractivity contribution in [1.29, 1.82) is 0 Å². The second-order valence-electron chi connectivity index (χ2n) is 4.74. The number of ether oxygens (including phenoxy) is 2. The van der Waals surface area contributed by atoms with Gasteiger partial charge >= 0.3 is 0 Å². The predicted octanol–water partition coefficient (Wildman–Crippen LogP) is 3.27. The maximum Gasteiger partial charge on any atom is 0.199 e. The lowest BCUT2D eigenvalue weighted by molar-refractivity contribution is 0.103. The monoisotopic (exact) mass is 282 g/mol. The van der Waals surface area contributed by atoms with Crippen LogP contribution in [0.25, 0.3) is 0 Å². The topological polar surface area (TPSA) is 55.8 Å². The Balaban J connectivity index is 1.90. The number of hydrogen-bond acceptors (Lipinski definition) is 4. The third kappa shape index (κ3) is 2.48. The third-order valence-electron chi connectivity index (χ3n) is 3.39. The number of allylic oxidation sites excluding steroid dienone is 6. The Hall–Kier alpha value is -2.75. The van der Waals surface area contributed by atoms with Gasteiger partial charge in [-0.05, 0) is 36.3 Å². The number of benzene rings is 1. The zero-order valence-corrected chi connectivity index (χ0v) is 11.5. The van der Waals surface area contributed by atoms with E-state index in [4.69, 9.17) is 9.47 Å². The Morgan fingerprint density at radius 2 is 2.24 bits per heavy atom. The summed E-state index contributed by atoms with van der Waals surface area (Å²) < 4.78 is 10.5. The van der Waals surface area contributed by atoms with E-state index >= 15 is 0 Å². The summed E-state index contributed by atoms with van der Waals surface area (Å²) in [7, 11) is 1.50. The van der Waals surface area contributed by atoms with Crippen molar-refractivity contribution in [3.05, 3.63) is 71.2 Å². The van der Waals surface area contributed by atoms with E-state index in [-0.39, 0.29) is 17.1 Å². The molecule has 1 N–H and O–H groups in total. The number of aromatic hydroxyl groups is 1. The predicted molar refractivity (Wildman–Crippen MR) is 78.1 cm³/mol. The highest BCUT2D eigenvalue weighted by Gasteiger charge is 2.21. The number of fused-ring (bicyclic) bond motifs is 1. The molecule has 1 aliphatic heterocycles. The number of phenolic OH excluding ortho intramolecular Hbond substituents is 1. The molecule has 0 atom stereocenters. The fourth-order valence-corrected chi connectivity index (χ4v) is 2.26. The lowest BCUT2D eigenvalue weighted by atomic mass is 9.96. The summed E-state index contributed by atoms with van der Waals surface area (Å²) in [6.45, 7) is 0. The molecule has 4 heteroatoms. The molecule has 0 fully saturated rings. The standard InChI is InChI=1S/C17H14O4/c1-20-13-6-7-14(15(18)9-13)17(19)12-8-11-4-2-3-5-16(11)21-10-12/h2-3,5-10,18H,4H2,1H3. The van der Waals surface area contributed by atoms with E-state index in [9.17, 15) is 9.90 Å². The molecule has 106 valence electrons. The maximum atomic E-state index is 12.5. The minimum absolute atomic E-state index is 0.108. The van der Waals surface area contributed by atoms with Gasteiger partial charge in [-0.25, -0.2) is 0 Å². The average Bonchev–Trinajstić information content (AvgIpc) is 2.53. The fraction of sp³-hybridized carbons (Fsp3) is 0.118. The number of hydrogen-bond donors (Lipinski definition) is 1. The fourth-order valence-electron chi connectivity index (χ4n) is 2.26. The molecule has 0 amide bonds. The van der Waals surface area contributed by atoms with Crippen molar-refractivity contribution in [3.63, 3.8) is 0 Å². The Morgan fingerprint density at radius 1 is 1.38 bits per heavy atom. The van der Waals surface area contributed by atoms with Gasteiger partial charge in [0.1, 0.15) is 23.5 Å². The van der Waals surface area contributed by atoms with E-state index in [1.807, 2.05) is 18.2 Å². The minimum atomic E-state index is -0.281. The Bertz CT molecular complexity index is 720. The second kappa shape index (κ2) is 5.32. The molecule has 0 aromatic heterocycles. The molecule has 1 aromatic carbocycles. The number of carbonyl (C=O) groups is 1. The molecule has 1 aromatic rings. The van der Waals surface area contributed by atoms with Crippen molar-refractivity contribution in [2.45, 2.75) is 6.42 Å². The number of carbonyl (C=O) groups excluding carboxylic acids is 1. The van der Waals surface area contributed by atoms with Crippen LogP contribution < -0.4 is 4.74 Å². The van der Waals surface area contributed by atoms with Crippen LogP contribution in [0.2, 0.25) is 0 Å². The van der Waals surface area contributed by atoms with Gasteiger partial charge in [0.2, 0.25) is 0 Å². The zero-order valence-electron chi connectivity index (χ0n) is 11.5. The van der Waals surface area contributed by atoms with Crippen molar-refractivity contribution in [2.24, 2.45) is 0 Å². The highest BCUT2D eigenvalue weighted by molar-refractivity contribution is 6.12. The molecule has 0 saturated carbocycles. The molecule has 0 saturated heterocycles. The number of methoxy groups -OCH3 is 1. The Labute approximate surface area is 122 Å². The zero-order chi connectivity index (χ0) is 14.8. The van der Waals surface area contributed by atoms with E-state index < -0.39 is 0 Å². The van der Waals surface area contributed by atoms with Crippen LogP contribution in [0, 0.1) is 0 Å². The van der Waals surface area contributed by atoms with Crippen molar-refractivity contribution in [2.75, 3.05) is 7.11 Å². The van der Waals surface area contributed by atoms with Crippen LogP contribution >= 0.6 is 0 Å². The number of ketones is 1. The van der Waals surface area contributed by atoms with Crippen LogP contribution in [0.3, 0.4) is 0 Å². The summed E-state index contributed by atoms with van der Waals surface area (Å²) in [6.07, 6.45) is 9.72. The molecule has 1 heterocycles. The number of Topliss-reactive ketones (excluding diaryl/α,β-unsaturated/α-hetero) is 1. The quantitative estimate of drug-likeness (QED) is 0.864. The molecule has 0 spiro atoms. The summed E-state index contributed by atoms with van der Waals surface area (Å²) in [4.78, 5) is 12.5. The summed E-state index contributed by atoms with van der Waals surface area (Å²) in [6, 6.07) is 4.60. The molecular formula is C17H14O4. The van der Waals surface area contributed by atoms with Crippen LogP contribution in [0.15, 0.2) is 65.7 Å². The van der Waals surface area contributed by atoms with E-state index in [0.29, 0.717) is 11.3 Å². The van der Waals surface area contributed by atoms with Crippen LogP contribution in [-0.4, -0.2) is 18.0 Å². The summed E-state index contributed by atoms with van der Waals surface area (Å²) >= 11 is 0. The molecule has 0 unspecified atom stereocenters. The maximum absolute atomic E-state index is 12.5. The first kappa shape index (κ1) is 13.2. The highest BCUT2D eigenvalue weighted by Crippen LogP contribution is 2.31. The normalized spacial score (nSPS) is 16.1. The lowest BCUT2D eigenvalue weighted by Crippen LogP contribution is -2.09. The number of phenols is 1. The number of rotatable bonds is 3. The van der Waals surface area contributed by atoms with Gasteiger partial charge in [-0.15, -0.1) is 0 Å². The van der Waals surface area contributed by atoms with Gasteiger partial charge in [0.15, 0.2) is 5.78 Å². The van der Waals surface area contributed by atoms with Crippen LogP contribution in [0.5, 0.6) is 11.5 Å². The first-order valence-electron chi connectivity index (χ1n) is 6.55. The smallest absolute Gasteiger partial charge is 0.199 e. The molecular weight excluding hydrogens is 268 g/mol. The molecule has 2 aliphatic rings. The summed E-state index contributed by atoms with van der Waals surface area (Å²) in [5.41, 5.74) is 1.59. The van der Waals surface area contributed by atoms with Crippen molar-refractivity contribution < 1.29 is 19.4 Å². The summed E-state index contributed by atoms with van der Waals surface area (Å²) in [5, 5.41) is 9.94. The van der Waals surface area contributed by atoms with Gasteiger partial charge in [-0.3, -0.25) is 4.79 Å². The second-order valence-corrected chi connectivity index (χ2v) is 4.74. The largest absolute Gasteiger partial charge is 0.507 e. The van der Waals surface area contributed by atoms with Crippen molar-refractivity contribution in [1.82, 2.24) is 0 Å². The molecule has 0 bridgehead atoms. The van der Waals surface area contributed by atoms with E-state index in [0.717, 1.165) is 17.8 Å². The average molecular weight is 282 g/mol. The first-order chi connectivity index (χ1) is 10.2. The molecule has 4 nitrogen and oxygen atoms in total. The first-order valence-corrected chi connectivity index (χ1v) is 6.55. The van der Waals surface area contributed by atoms with Gasteiger partial charge in [-0.1, -0.05) is 12.2 Å². The van der Waals surface area contributed by atoms with Crippen molar-refractivity contribution >= 4 is 5.78 Å². The van der Waals surface area contributed by atoms with Crippen molar-refractivity contribution in [3.8, 4) is 11.5 Å². The van der Waals surface area contributed by atoms with E-state index in [1.165, 1.54) is 19.4 Å². The highest BCUT2D eigenvalue weighted by atomic mass is 16.5. The summed E-state index contributed by atoms with van der Waals surface area (Å²) in [5.74, 6) is 0.867. The minimum Gasteiger partial charge on any atom is -0.507 e. The lowest BCUT2D eigenvalue weighted by Gasteiger charge is -2.18. The molecule has 21 heavy (non-hydrogen) atoms. The van der Waals surface area contributed by atoms with E-state index in [1.54, 1.807) is 18.2 Å². The third-order valence-corrected chi connectivity index (χ3v) is 3.39. The molecule has 0 radical (unpaired) electrons. The van der Waals surface area contributed by atoms with Gasteiger partial charge in [0.05, 0.1) is 18.2 Å². The Morgan fingerprint density at radius 3 is 3.00 bits per heavy atom. The van der Waals surface area contributed by atoms with E-state index in [2.05, 4.69) is 0 Å². The molecule has 3 rings (SSSR count). The Kier molecular flexibility index (Phi) is 3.36. The van der Waals surface area contributed by atoms with Crippen LogP contribution in [-0.2, 0) is 4.74 Å². The van der Waals surface area contributed by atoms with Gasteiger partial charge in [0, 0.05) is 6.07 Å². The van der Waals surface area contributed by atoms with Gasteiger partial charge in [-0.2, -0.15) is 0 Å². The van der Waals surface area contributed by atoms with Gasteiger partial charge < -0.3 is 14.6 Å². The SMILES string of the molecule is COc1ccc(C(=O)C2=COC3=CC=CCC3=C2)c(O)c1.